The van der Waals surface area contributed by atoms with Crippen molar-refractivity contribution in [1.29, 1.82) is 0 Å². The molecule has 1 amide bonds. The summed E-state index contributed by atoms with van der Waals surface area (Å²) in [6.45, 7) is 0. The summed E-state index contributed by atoms with van der Waals surface area (Å²) in [5, 5.41) is 2.57. The van der Waals surface area contributed by atoms with Gasteiger partial charge >= 0.3 is 5.76 Å². The molecule has 2 rings (SSSR count). The third-order valence-corrected chi connectivity index (χ3v) is 4.64. The van der Waals surface area contributed by atoms with Crippen molar-refractivity contribution < 1.29 is 26.7 Å². The number of para-hydroxylation sites is 1. The van der Waals surface area contributed by atoms with E-state index >= 15 is 0 Å². The van der Waals surface area contributed by atoms with Gasteiger partial charge in [-0.1, -0.05) is 18.2 Å². The van der Waals surface area contributed by atoms with Crippen LogP contribution in [0.15, 0.2) is 53.4 Å². The Labute approximate surface area is 138 Å². The fourth-order valence-electron chi connectivity index (χ4n) is 2.06. The summed E-state index contributed by atoms with van der Waals surface area (Å²) < 4.78 is 52.7. The zero-order chi connectivity index (χ0) is 17.7. The fraction of sp³-hybridized carbons (Fsp3) is 0.188. The van der Waals surface area contributed by atoms with Crippen LogP contribution in [-0.4, -0.2) is 27.2 Å². The van der Waals surface area contributed by atoms with E-state index in [0.717, 1.165) is 12.1 Å². The van der Waals surface area contributed by atoms with Crippen molar-refractivity contribution in [2.45, 2.75) is 17.1 Å². The number of amides is 1. The van der Waals surface area contributed by atoms with E-state index in [0.29, 0.717) is 17.0 Å². The lowest BCUT2D eigenvalue weighted by Gasteiger charge is -2.09. The fourth-order valence-corrected chi connectivity index (χ4v) is 2.78. The van der Waals surface area contributed by atoms with E-state index in [1.807, 2.05) is 0 Å². The highest BCUT2D eigenvalue weighted by Gasteiger charge is 2.26. The van der Waals surface area contributed by atoms with Crippen molar-refractivity contribution >= 4 is 21.4 Å². The average molecular weight is 355 g/mol. The number of alkyl halides is 2. The van der Waals surface area contributed by atoms with E-state index in [4.69, 9.17) is 4.74 Å². The summed E-state index contributed by atoms with van der Waals surface area (Å²) in [6, 6.07) is 11.6. The first-order valence-electron chi connectivity index (χ1n) is 6.88. The number of nitrogens with one attached hydrogen (secondary N) is 1. The number of carbonyl (C=O) groups is 1. The van der Waals surface area contributed by atoms with Gasteiger partial charge in [-0.05, 0) is 30.3 Å². The third-order valence-electron chi connectivity index (χ3n) is 3.24. The van der Waals surface area contributed by atoms with E-state index in [-0.39, 0.29) is 12.3 Å². The van der Waals surface area contributed by atoms with Gasteiger partial charge in [-0.3, -0.25) is 4.79 Å². The molecule has 0 saturated carbocycles. The Hall–Kier alpha value is -2.48. The second-order valence-electron chi connectivity index (χ2n) is 4.87. The molecule has 2 aromatic carbocycles. The van der Waals surface area contributed by atoms with E-state index in [1.54, 1.807) is 24.3 Å². The van der Waals surface area contributed by atoms with Crippen LogP contribution in [0.25, 0.3) is 0 Å². The number of methoxy groups -OCH3 is 1. The van der Waals surface area contributed by atoms with E-state index < -0.39 is 20.5 Å². The van der Waals surface area contributed by atoms with Crippen molar-refractivity contribution in [3.8, 4) is 5.75 Å². The van der Waals surface area contributed by atoms with E-state index in [9.17, 15) is 22.0 Å². The molecule has 0 aliphatic heterocycles. The minimum atomic E-state index is -4.64. The Balaban J connectivity index is 2.07. The van der Waals surface area contributed by atoms with Gasteiger partial charge in [-0.15, -0.1) is 0 Å². The zero-order valence-electron chi connectivity index (χ0n) is 12.7. The van der Waals surface area contributed by atoms with Gasteiger partial charge in [0.1, 0.15) is 5.75 Å². The van der Waals surface area contributed by atoms with Crippen LogP contribution in [0.4, 0.5) is 14.5 Å². The smallest absolute Gasteiger partial charge is 0.341 e. The molecule has 0 atom stereocenters. The quantitative estimate of drug-likeness (QED) is 0.865. The van der Waals surface area contributed by atoms with Crippen LogP contribution in [0.5, 0.6) is 5.75 Å². The first-order chi connectivity index (χ1) is 11.3. The number of carbonyl (C=O) groups excluding carboxylic acids is 1. The highest BCUT2D eigenvalue weighted by molar-refractivity contribution is 7.91. The number of ether oxygens (including phenoxy) is 1. The van der Waals surface area contributed by atoms with Crippen molar-refractivity contribution in [3.63, 3.8) is 0 Å². The molecule has 0 aliphatic carbocycles. The van der Waals surface area contributed by atoms with Crippen LogP contribution in [0.2, 0.25) is 0 Å². The number of anilines is 1. The highest BCUT2D eigenvalue weighted by atomic mass is 32.2. The Bertz CT molecular complexity index is 820. The Morgan fingerprint density at radius 3 is 2.33 bits per heavy atom. The number of hydrogen-bond acceptors (Lipinski definition) is 4. The van der Waals surface area contributed by atoms with Crippen LogP contribution in [0, 0.1) is 0 Å². The first kappa shape index (κ1) is 17.9. The van der Waals surface area contributed by atoms with Crippen molar-refractivity contribution in [2.24, 2.45) is 0 Å². The van der Waals surface area contributed by atoms with Crippen molar-refractivity contribution in [2.75, 3.05) is 12.4 Å². The lowest BCUT2D eigenvalue weighted by Crippen LogP contribution is -2.15. The number of benzene rings is 2. The molecule has 0 saturated heterocycles. The Morgan fingerprint density at radius 2 is 1.75 bits per heavy atom. The maximum absolute atomic E-state index is 12.5. The van der Waals surface area contributed by atoms with Crippen LogP contribution in [-0.2, 0) is 21.1 Å². The maximum Gasteiger partial charge on any atom is 0.341 e. The summed E-state index contributed by atoms with van der Waals surface area (Å²) in [5.74, 6) is -3.25. The van der Waals surface area contributed by atoms with Crippen molar-refractivity contribution in [1.82, 2.24) is 0 Å². The standard InChI is InChI=1S/C16H15F2NO4S/c1-23-14-5-3-2-4-11(14)10-15(20)19-12-6-8-13(9-7-12)24(21,22)16(17)18/h2-9,16H,10H2,1H3,(H,19,20). The SMILES string of the molecule is COc1ccccc1CC(=O)Nc1ccc(S(=O)(=O)C(F)F)cc1. The molecule has 0 bridgehead atoms. The predicted molar refractivity (Wildman–Crippen MR) is 85.0 cm³/mol. The van der Waals surface area contributed by atoms with Crippen molar-refractivity contribution in [3.05, 3.63) is 54.1 Å². The molecular weight excluding hydrogens is 340 g/mol. The number of halogens is 2. The molecule has 8 heteroatoms. The summed E-state index contributed by atoms with van der Waals surface area (Å²) in [4.78, 5) is 11.5. The highest BCUT2D eigenvalue weighted by Crippen LogP contribution is 2.21. The van der Waals surface area contributed by atoms with Gasteiger partial charge in [-0.25, -0.2) is 8.42 Å². The molecule has 1 N–H and O–H groups in total. The molecule has 0 spiro atoms. The summed E-state index contributed by atoms with van der Waals surface area (Å²) in [6.07, 6.45) is 0.0566. The first-order valence-corrected chi connectivity index (χ1v) is 8.43. The molecule has 128 valence electrons. The van der Waals surface area contributed by atoms with Gasteiger partial charge in [0.15, 0.2) is 0 Å². The molecule has 0 heterocycles. The molecule has 5 nitrogen and oxygen atoms in total. The largest absolute Gasteiger partial charge is 0.496 e. The van der Waals surface area contributed by atoms with Gasteiger partial charge in [0.25, 0.3) is 0 Å². The van der Waals surface area contributed by atoms with Gasteiger partial charge < -0.3 is 10.1 Å². The van der Waals surface area contributed by atoms with Gasteiger partial charge in [0, 0.05) is 11.3 Å². The molecule has 0 unspecified atom stereocenters. The average Bonchev–Trinajstić information content (AvgIpc) is 2.55. The number of sulfone groups is 1. The normalized spacial score (nSPS) is 11.3. The molecule has 0 aromatic heterocycles. The van der Waals surface area contributed by atoms with Gasteiger partial charge in [0.05, 0.1) is 18.4 Å². The van der Waals surface area contributed by atoms with Crippen LogP contribution in [0.3, 0.4) is 0 Å². The van der Waals surface area contributed by atoms with E-state index in [1.165, 1.54) is 19.2 Å². The topological polar surface area (TPSA) is 72.5 Å². The van der Waals surface area contributed by atoms with Crippen LogP contribution in [0.1, 0.15) is 5.56 Å². The van der Waals surface area contributed by atoms with Crippen LogP contribution >= 0.6 is 0 Å². The minimum Gasteiger partial charge on any atom is -0.496 e. The van der Waals surface area contributed by atoms with Gasteiger partial charge in [0.2, 0.25) is 15.7 Å². The van der Waals surface area contributed by atoms with E-state index in [2.05, 4.69) is 5.32 Å². The van der Waals surface area contributed by atoms with Gasteiger partial charge in [-0.2, -0.15) is 8.78 Å². The number of hydrogen-bond donors (Lipinski definition) is 1. The second-order valence-corrected chi connectivity index (χ2v) is 6.78. The molecule has 0 fully saturated rings. The minimum absolute atomic E-state index is 0.0566. The monoisotopic (exact) mass is 355 g/mol. The summed E-state index contributed by atoms with van der Waals surface area (Å²) >= 11 is 0. The number of rotatable bonds is 6. The summed E-state index contributed by atoms with van der Waals surface area (Å²) in [7, 11) is -3.14. The zero-order valence-corrected chi connectivity index (χ0v) is 13.5. The molecule has 0 radical (unpaired) electrons. The lowest BCUT2D eigenvalue weighted by molar-refractivity contribution is -0.115. The molecular formula is C16H15F2NO4S. The molecule has 0 aliphatic rings. The summed E-state index contributed by atoms with van der Waals surface area (Å²) in [5.41, 5.74) is 0.998. The lowest BCUT2D eigenvalue weighted by atomic mass is 10.1. The second kappa shape index (κ2) is 7.39. The third kappa shape index (κ3) is 4.08. The molecule has 2 aromatic rings. The molecule has 24 heavy (non-hydrogen) atoms. The maximum atomic E-state index is 12.5. The Kier molecular flexibility index (Phi) is 5.50. The van der Waals surface area contributed by atoms with Crippen LogP contribution < -0.4 is 10.1 Å². The Morgan fingerprint density at radius 1 is 1.12 bits per heavy atom. The predicted octanol–water partition coefficient (Wildman–Crippen LogP) is 2.87.